The second-order valence-electron chi connectivity index (χ2n) is 27.6. The molecule has 12 nitrogen and oxygen atoms in total. The molecule has 0 amide bonds. The predicted octanol–water partition coefficient (Wildman–Crippen LogP) is 22.7. The molecule has 18 aromatic rings. The molecule has 0 aromatic heterocycles. The lowest BCUT2D eigenvalue weighted by molar-refractivity contribution is 0.458. The quantitative estimate of drug-likeness (QED) is 0.0349. The van der Waals surface area contributed by atoms with Crippen LogP contribution in [0.2, 0.25) is 0 Å². The van der Waals surface area contributed by atoms with Crippen LogP contribution < -0.4 is 95.5 Å². The van der Waals surface area contributed by atoms with E-state index in [1.54, 1.807) is 0 Å². The van der Waals surface area contributed by atoms with Crippen LogP contribution in [0.5, 0.6) is 0 Å². The van der Waals surface area contributed by atoms with E-state index >= 15 is 0 Å². The number of hydrogen-bond donors (Lipinski definition) is 6. The highest BCUT2D eigenvalue weighted by molar-refractivity contribution is 7.82. The van der Waals surface area contributed by atoms with Gasteiger partial charge in [-0.2, -0.15) is 25.2 Å². The van der Waals surface area contributed by atoms with E-state index in [1.165, 1.54) is 95.5 Å². The van der Waals surface area contributed by atoms with Gasteiger partial charge in [-0.15, -0.1) is 0 Å². The van der Waals surface area contributed by atoms with Gasteiger partial charge in [0.1, 0.15) is 0 Å². The Bertz CT molecular complexity index is 4760. The summed E-state index contributed by atoms with van der Waals surface area (Å²) in [5.74, 6) is 0. The Morgan fingerprint density at radius 1 is 0.109 bits per heavy atom. The van der Waals surface area contributed by atoms with E-state index in [9.17, 15) is 25.2 Å². The number of rotatable bonds is 18. The van der Waals surface area contributed by atoms with E-state index in [-0.39, 0.29) is 0 Å². The summed E-state index contributed by atoms with van der Waals surface area (Å²) in [6, 6.07) is 194. The van der Waals surface area contributed by atoms with Gasteiger partial charge in [0.15, 0.2) is 0 Å². The Labute approximate surface area is 815 Å². The standard InChI is InChI=1S/6C18H15P.6FH2O2P/c6*1-4-10-16(11-5-1)19(17-12-6-2-7-13-17)18-14-8-3-9-15-18;6*1-4(2)3/h6*1-15H;6*4H,(H,2,3). The first kappa shape index (κ1) is 114. The van der Waals surface area contributed by atoms with Crippen molar-refractivity contribution in [3.63, 3.8) is 0 Å². The van der Waals surface area contributed by atoms with Crippen LogP contribution in [0.1, 0.15) is 0 Å². The van der Waals surface area contributed by atoms with Crippen LogP contribution in [0.4, 0.5) is 25.2 Å². The van der Waals surface area contributed by atoms with Crippen LogP contribution in [0, 0.1) is 0 Å². The molecular formula is C108H102F6O12P12. The van der Waals surface area contributed by atoms with E-state index < -0.39 is 97.6 Å². The molecule has 0 aliphatic rings. The van der Waals surface area contributed by atoms with Crippen molar-refractivity contribution >= 4 is 193 Å². The maximum absolute atomic E-state index is 10.1. The second kappa shape index (κ2) is 69.1. The van der Waals surface area contributed by atoms with Crippen LogP contribution >= 0.6 is 97.6 Å². The third-order valence-corrected chi connectivity index (χ3v) is 32.9. The molecule has 6 atom stereocenters. The van der Waals surface area contributed by atoms with Gasteiger partial charge in [0.2, 0.25) is 0 Å². The zero-order valence-electron chi connectivity index (χ0n) is 74.0. The molecule has 0 aliphatic heterocycles. The van der Waals surface area contributed by atoms with Crippen molar-refractivity contribution in [2.24, 2.45) is 0 Å². The summed E-state index contributed by atoms with van der Waals surface area (Å²) in [6.07, 6.45) is 0. The summed E-state index contributed by atoms with van der Waals surface area (Å²) in [6.45, 7) is 0. The van der Waals surface area contributed by atoms with Gasteiger partial charge in [-0.3, -0.25) is 27.4 Å². The third-order valence-electron chi connectivity index (χ3n) is 18.3. The minimum atomic E-state index is -3.63. The van der Waals surface area contributed by atoms with E-state index in [0.717, 1.165) is 0 Å². The molecule has 6 unspecified atom stereocenters. The average molecular weight is 2080 g/mol. The smallest absolute Gasteiger partial charge is 0.323 e. The fourth-order valence-electron chi connectivity index (χ4n) is 13.1. The monoisotopic (exact) mass is 2080 g/mol. The van der Waals surface area contributed by atoms with E-state index in [4.69, 9.17) is 56.8 Å². The lowest BCUT2D eigenvalue weighted by atomic mass is 10.4. The fourth-order valence-corrected chi connectivity index (χ4v) is 26.9. The minimum absolute atomic E-state index is 0.446. The van der Waals surface area contributed by atoms with E-state index in [1.807, 2.05) is 0 Å². The van der Waals surface area contributed by atoms with Crippen molar-refractivity contribution < 1.29 is 81.9 Å². The van der Waals surface area contributed by atoms with Crippen molar-refractivity contribution in [1.29, 1.82) is 0 Å². The molecule has 0 fully saturated rings. The molecule has 0 radical (unpaired) electrons. The van der Waals surface area contributed by atoms with Crippen LogP contribution in [0.25, 0.3) is 0 Å². The van der Waals surface area contributed by atoms with Gasteiger partial charge < -0.3 is 29.4 Å². The predicted molar refractivity (Wildman–Crippen MR) is 585 cm³/mol. The van der Waals surface area contributed by atoms with Gasteiger partial charge in [0.25, 0.3) is 0 Å². The molecule has 0 aliphatic carbocycles. The van der Waals surface area contributed by atoms with Crippen molar-refractivity contribution in [3.05, 3.63) is 546 Å². The first-order chi connectivity index (χ1) is 67.1. The van der Waals surface area contributed by atoms with Gasteiger partial charge >= 0.3 is 50.0 Å². The molecule has 708 valence electrons. The van der Waals surface area contributed by atoms with Crippen molar-refractivity contribution in [1.82, 2.24) is 0 Å². The molecule has 0 heterocycles. The summed E-state index contributed by atoms with van der Waals surface area (Å²) < 4.78 is 112. The topological polar surface area (TPSA) is 224 Å². The molecule has 0 bridgehead atoms. The summed E-state index contributed by atoms with van der Waals surface area (Å²) in [4.78, 5) is 41.6. The first-order valence-electron chi connectivity index (χ1n) is 42.1. The summed E-state index contributed by atoms with van der Waals surface area (Å²) in [7, 11) is -24.5. The Hall–Kier alpha value is -10.7. The molecule has 0 saturated carbocycles. The maximum Gasteiger partial charge on any atom is 0.353 e. The highest BCUT2D eigenvalue weighted by atomic mass is 31.2. The van der Waals surface area contributed by atoms with Gasteiger partial charge in [-0.05, 0) is 143 Å². The van der Waals surface area contributed by atoms with E-state index in [0.29, 0.717) is 0 Å². The Kier molecular flexibility index (Phi) is 57.2. The molecule has 30 heteroatoms. The van der Waals surface area contributed by atoms with Crippen LogP contribution in [-0.2, 0) is 27.4 Å². The molecule has 0 saturated heterocycles. The third kappa shape index (κ3) is 45.9. The minimum Gasteiger partial charge on any atom is -0.323 e. The Morgan fingerprint density at radius 2 is 0.145 bits per heavy atom. The Morgan fingerprint density at radius 3 is 0.181 bits per heavy atom. The van der Waals surface area contributed by atoms with Crippen LogP contribution in [0.15, 0.2) is 546 Å². The molecule has 0 spiro atoms. The van der Waals surface area contributed by atoms with Crippen LogP contribution in [0.3, 0.4) is 0 Å². The van der Waals surface area contributed by atoms with Gasteiger partial charge in [0, 0.05) is 0 Å². The first-order valence-corrected chi connectivity index (χ1v) is 57.6. The lowest BCUT2D eigenvalue weighted by Gasteiger charge is -2.18. The van der Waals surface area contributed by atoms with Gasteiger partial charge in [-0.1, -0.05) is 546 Å². The van der Waals surface area contributed by atoms with Crippen LogP contribution in [-0.4, -0.2) is 29.4 Å². The normalized spacial score (nSPS) is 11.4. The van der Waals surface area contributed by atoms with Crippen molar-refractivity contribution in [3.8, 4) is 0 Å². The number of hydrogen-bond acceptors (Lipinski definition) is 6. The zero-order valence-corrected chi connectivity index (χ0v) is 85.4. The highest BCUT2D eigenvalue weighted by Crippen LogP contribution is 2.38. The van der Waals surface area contributed by atoms with E-state index in [2.05, 4.69) is 546 Å². The molecular weight excluding hydrogens is 1970 g/mol. The van der Waals surface area contributed by atoms with Gasteiger partial charge in [-0.25, -0.2) is 0 Å². The number of benzene rings is 18. The molecule has 6 N–H and O–H groups in total. The van der Waals surface area contributed by atoms with Gasteiger partial charge in [0.05, 0.1) is 0 Å². The summed E-state index contributed by atoms with van der Waals surface area (Å²) in [5, 5.41) is 25.2. The lowest BCUT2D eigenvalue weighted by Crippen LogP contribution is -2.20. The SMILES string of the molecule is O=[PH](O)F.O=[PH](O)F.O=[PH](O)F.O=[PH](O)F.O=[PH](O)F.O=[PH](O)F.c1ccc(P(c2ccccc2)c2ccccc2)cc1.c1ccc(P(c2ccccc2)c2ccccc2)cc1.c1ccc(P(c2ccccc2)c2ccccc2)cc1.c1ccc(P(c2ccccc2)c2ccccc2)cc1.c1ccc(P(c2ccccc2)c2ccccc2)cc1.c1ccc(P(c2ccccc2)c2ccccc2)cc1. The molecule has 138 heavy (non-hydrogen) atoms. The fraction of sp³-hybridized carbons (Fsp3) is 0. The van der Waals surface area contributed by atoms with Crippen molar-refractivity contribution in [2.75, 3.05) is 0 Å². The Balaban J connectivity index is 0.000000215. The average Bonchev–Trinajstić information content (AvgIpc) is 0.848. The largest absolute Gasteiger partial charge is 0.353 e. The maximum atomic E-state index is 10.1. The highest BCUT2D eigenvalue weighted by Gasteiger charge is 2.21. The summed E-state index contributed by atoms with van der Waals surface area (Å²) in [5.41, 5.74) is 0. The zero-order chi connectivity index (χ0) is 99.0. The summed E-state index contributed by atoms with van der Waals surface area (Å²) >= 11 is 0. The van der Waals surface area contributed by atoms with Crippen molar-refractivity contribution in [2.45, 2.75) is 0 Å². The number of halogens is 6. The second-order valence-corrected chi connectivity index (χ2v) is 43.9. The molecule has 18 aromatic carbocycles. The molecule has 18 rings (SSSR count).